The average Bonchev–Trinajstić information content (AvgIpc) is 2.58. The molecule has 0 aliphatic rings. The fraction of sp³-hybridized carbons (Fsp3) is 0.286. The molecule has 0 radical (unpaired) electrons. The molecule has 0 bridgehead atoms. The number of benzene rings is 1. The van der Waals surface area contributed by atoms with Crippen LogP contribution in [0.25, 0.3) is 5.69 Å². The van der Waals surface area contributed by atoms with Gasteiger partial charge in [0.15, 0.2) is 0 Å². The van der Waals surface area contributed by atoms with Crippen molar-refractivity contribution in [3.63, 3.8) is 0 Å². The zero-order chi connectivity index (χ0) is 12.6. The predicted molar refractivity (Wildman–Crippen MR) is 70.9 cm³/mol. The third kappa shape index (κ3) is 2.11. The second kappa shape index (κ2) is 4.55. The van der Waals surface area contributed by atoms with Gasteiger partial charge in [0.05, 0.1) is 6.61 Å². The minimum absolute atomic E-state index is 0.0687. The van der Waals surface area contributed by atoms with Crippen molar-refractivity contribution >= 4 is 11.6 Å². The number of aromatic nitrogens is 1. The second-order valence-electron chi connectivity index (χ2n) is 4.32. The Labute approximate surface area is 106 Å². The highest BCUT2D eigenvalue weighted by Crippen LogP contribution is 2.25. The zero-order valence-electron chi connectivity index (χ0n) is 10.3. The Balaban J connectivity index is 2.68. The van der Waals surface area contributed by atoms with Crippen molar-refractivity contribution < 1.29 is 5.11 Å². The fourth-order valence-corrected chi connectivity index (χ4v) is 2.35. The Hall–Kier alpha value is -1.25. The van der Waals surface area contributed by atoms with E-state index in [1.807, 2.05) is 38.1 Å². The van der Waals surface area contributed by atoms with Crippen LogP contribution in [0.3, 0.4) is 0 Å². The van der Waals surface area contributed by atoms with Crippen LogP contribution in [0.4, 0.5) is 0 Å². The van der Waals surface area contributed by atoms with Crippen molar-refractivity contribution in [3.8, 4) is 5.69 Å². The van der Waals surface area contributed by atoms with Crippen LogP contribution in [0.2, 0.25) is 5.02 Å². The molecular formula is C14H16ClNO. The number of hydrogen-bond donors (Lipinski definition) is 1. The van der Waals surface area contributed by atoms with E-state index in [9.17, 15) is 5.11 Å². The molecule has 0 amide bonds. The average molecular weight is 250 g/mol. The summed E-state index contributed by atoms with van der Waals surface area (Å²) in [5.74, 6) is 0. The Morgan fingerprint density at radius 3 is 2.47 bits per heavy atom. The largest absolute Gasteiger partial charge is 0.392 e. The number of nitrogens with zero attached hydrogens (tertiary/aromatic N) is 1. The van der Waals surface area contributed by atoms with Crippen molar-refractivity contribution in [1.82, 2.24) is 4.57 Å². The van der Waals surface area contributed by atoms with Crippen LogP contribution in [-0.2, 0) is 6.61 Å². The lowest BCUT2D eigenvalue weighted by Crippen LogP contribution is -2.02. The maximum Gasteiger partial charge on any atom is 0.0699 e. The van der Waals surface area contributed by atoms with Crippen LogP contribution in [0.15, 0.2) is 24.3 Å². The molecule has 1 aromatic heterocycles. The smallest absolute Gasteiger partial charge is 0.0699 e. The van der Waals surface area contributed by atoms with Crippen molar-refractivity contribution in [2.24, 2.45) is 0 Å². The molecule has 2 rings (SSSR count). The minimum atomic E-state index is 0.0687. The molecule has 1 N–H and O–H groups in total. The third-order valence-electron chi connectivity index (χ3n) is 3.12. The topological polar surface area (TPSA) is 25.2 Å². The first-order chi connectivity index (χ1) is 8.04. The highest BCUT2D eigenvalue weighted by Gasteiger charge is 2.11. The molecule has 0 unspecified atom stereocenters. The normalized spacial score (nSPS) is 10.9. The number of aryl methyl sites for hydroxylation is 2. The molecule has 17 heavy (non-hydrogen) atoms. The summed E-state index contributed by atoms with van der Waals surface area (Å²) in [5.41, 5.74) is 5.38. The summed E-state index contributed by atoms with van der Waals surface area (Å²) >= 11 is 6.05. The summed E-state index contributed by atoms with van der Waals surface area (Å²) in [6.45, 7) is 6.17. The molecule has 0 aliphatic carbocycles. The number of hydrogen-bond acceptors (Lipinski definition) is 1. The van der Waals surface area contributed by atoms with E-state index in [2.05, 4.69) is 11.5 Å². The molecule has 0 saturated carbocycles. The Kier molecular flexibility index (Phi) is 3.27. The summed E-state index contributed by atoms with van der Waals surface area (Å²) in [4.78, 5) is 0. The van der Waals surface area contributed by atoms with E-state index in [1.54, 1.807) is 0 Å². The monoisotopic (exact) mass is 249 g/mol. The van der Waals surface area contributed by atoms with E-state index in [0.29, 0.717) is 0 Å². The van der Waals surface area contributed by atoms with Crippen LogP contribution in [0.5, 0.6) is 0 Å². The molecule has 0 fully saturated rings. The van der Waals surface area contributed by atoms with Gasteiger partial charge in [-0.05, 0) is 50.1 Å². The first-order valence-corrected chi connectivity index (χ1v) is 5.97. The van der Waals surface area contributed by atoms with Crippen LogP contribution in [0, 0.1) is 20.8 Å². The molecular weight excluding hydrogens is 234 g/mol. The van der Waals surface area contributed by atoms with Crippen LogP contribution < -0.4 is 0 Å². The number of aliphatic hydroxyl groups excluding tert-OH is 1. The van der Waals surface area contributed by atoms with Gasteiger partial charge in [0.2, 0.25) is 0 Å². The van der Waals surface area contributed by atoms with Gasteiger partial charge in [-0.15, -0.1) is 0 Å². The number of halogens is 1. The molecule has 2 nitrogen and oxygen atoms in total. The lowest BCUT2D eigenvalue weighted by molar-refractivity contribution is 0.281. The highest BCUT2D eigenvalue weighted by molar-refractivity contribution is 6.30. The number of rotatable bonds is 2. The number of aliphatic hydroxyl groups is 1. The van der Waals surface area contributed by atoms with E-state index in [1.165, 1.54) is 5.56 Å². The van der Waals surface area contributed by atoms with Gasteiger partial charge in [-0.3, -0.25) is 0 Å². The van der Waals surface area contributed by atoms with Crippen molar-refractivity contribution in [3.05, 3.63) is 51.8 Å². The molecule has 0 aliphatic heterocycles. The summed E-state index contributed by atoms with van der Waals surface area (Å²) < 4.78 is 2.13. The van der Waals surface area contributed by atoms with Gasteiger partial charge in [0.25, 0.3) is 0 Å². The first-order valence-electron chi connectivity index (χ1n) is 5.59. The Bertz CT molecular complexity index is 558. The summed E-state index contributed by atoms with van der Waals surface area (Å²) in [6.07, 6.45) is 0. The van der Waals surface area contributed by atoms with Gasteiger partial charge >= 0.3 is 0 Å². The summed E-state index contributed by atoms with van der Waals surface area (Å²) in [7, 11) is 0. The van der Waals surface area contributed by atoms with E-state index >= 15 is 0 Å². The van der Waals surface area contributed by atoms with Gasteiger partial charge in [-0.25, -0.2) is 0 Å². The second-order valence-corrected chi connectivity index (χ2v) is 4.76. The highest BCUT2D eigenvalue weighted by atomic mass is 35.5. The molecule has 0 atom stereocenters. The first kappa shape index (κ1) is 12.2. The van der Waals surface area contributed by atoms with E-state index in [0.717, 1.165) is 27.7 Å². The van der Waals surface area contributed by atoms with Gasteiger partial charge in [0, 0.05) is 22.1 Å². The van der Waals surface area contributed by atoms with Gasteiger partial charge in [0.1, 0.15) is 0 Å². The lowest BCUT2D eigenvalue weighted by atomic mass is 10.2. The molecule has 1 heterocycles. The molecule has 3 heteroatoms. The lowest BCUT2D eigenvalue weighted by Gasteiger charge is -2.13. The Morgan fingerprint density at radius 2 is 1.88 bits per heavy atom. The molecule has 2 aromatic rings. The quantitative estimate of drug-likeness (QED) is 0.865. The van der Waals surface area contributed by atoms with Gasteiger partial charge in [-0.2, -0.15) is 0 Å². The fourth-order valence-electron chi connectivity index (χ4n) is 2.18. The zero-order valence-corrected chi connectivity index (χ0v) is 11.0. The van der Waals surface area contributed by atoms with E-state index in [-0.39, 0.29) is 6.61 Å². The van der Waals surface area contributed by atoms with Crippen LogP contribution >= 0.6 is 11.6 Å². The predicted octanol–water partition coefficient (Wildman–Crippen LogP) is 3.55. The van der Waals surface area contributed by atoms with E-state index < -0.39 is 0 Å². The van der Waals surface area contributed by atoms with Gasteiger partial charge < -0.3 is 9.67 Å². The molecule has 1 aromatic carbocycles. The molecule has 90 valence electrons. The summed E-state index contributed by atoms with van der Waals surface area (Å²) in [6, 6.07) is 7.87. The minimum Gasteiger partial charge on any atom is -0.392 e. The van der Waals surface area contributed by atoms with Gasteiger partial charge in [-0.1, -0.05) is 17.7 Å². The van der Waals surface area contributed by atoms with E-state index in [4.69, 9.17) is 11.6 Å². The van der Waals surface area contributed by atoms with Crippen molar-refractivity contribution in [1.29, 1.82) is 0 Å². The maximum absolute atomic E-state index is 9.29. The molecule has 0 saturated heterocycles. The molecule has 0 spiro atoms. The maximum atomic E-state index is 9.29. The third-order valence-corrected chi connectivity index (χ3v) is 3.35. The SMILES string of the molecule is Cc1ccc(Cl)cc1-n1c(C)cc(CO)c1C. The van der Waals surface area contributed by atoms with Crippen molar-refractivity contribution in [2.45, 2.75) is 27.4 Å². The Morgan fingerprint density at radius 1 is 1.18 bits per heavy atom. The standard InChI is InChI=1S/C14H16ClNO/c1-9-4-5-13(15)7-14(9)16-10(2)6-12(8-17)11(16)3/h4-7,17H,8H2,1-3H3. The van der Waals surface area contributed by atoms with Crippen LogP contribution in [0.1, 0.15) is 22.5 Å². The summed E-state index contributed by atoms with van der Waals surface area (Å²) in [5, 5.41) is 10.0. The van der Waals surface area contributed by atoms with Crippen molar-refractivity contribution in [2.75, 3.05) is 0 Å². The van der Waals surface area contributed by atoms with Crippen LogP contribution in [-0.4, -0.2) is 9.67 Å².